The molecule has 0 saturated carbocycles. The fraction of sp³-hybridized carbons (Fsp3) is 0.115. The molecule has 0 saturated heterocycles. The van der Waals surface area contributed by atoms with Crippen LogP contribution >= 0.6 is 22.9 Å². The minimum Gasteiger partial charge on any atom is -0.490 e. The number of carbonyl (C=O) groups is 2. The molecule has 0 fully saturated rings. The molecule has 4 aromatic rings. The third kappa shape index (κ3) is 5.27. The number of hydrogen-bond donors (Lipinski definition) is 1. The maximum Gasteiger partial charge on any atom is 0.355 e. The Morgan fingerprint density at radius 3 is 2.56 bits per heavy atom. The normalized spacial score (nSPS) is 11.0. The Bertz CT molecular complexity index is 1380. The number of hydrogen-bond acceptors (Lipinski definition) is 6. The summed E-state index contributed by atoms with van der Waals surface area (Å²) in [6.07, 6.45) is 1.49. The number of thiophene rings is 1. The van der Waals surface area contributed by atoms with Gasteiger partial charge in [-0.1, -0.05) is 47.5 Å². The van der Waals surface area contributed by atoms with E-state index in [1.54, 1.807) is 30.3 Å². The molecular weight excluding hydrogens is 472 g/mol. The Hall–Kier alpha value is -3.68. The average Bonchev–Trinajstić information content (AvgIpc) is 3.18. The maximum atomic E-state index is 12.8. The second-order valence-corrected chi connectivity index (χ2v) is 8.77. The van der Waals surface area contributed by atoms with E-state index in [2.05, 4.69) is 10.5 Å². The zero-order chi connectivity index (χ0) is 24.1. The number of hydrazone groups is 1. The summed E-state index contributed by atoms with van der Waals surface area (Å²) in [5, 5.41) is 5.19. The number of esters is 1. The zero-order valence-corrected chi connectivity index (χ0v) is 20.1. The van der Waals surface area contributed by atoms with Crippen molar-refractivity contribution < 1.29 is 19.1 Å². The molecule has 0 spiro atoms. The third-order valence-corrected chi connectivity index (χ3v) is 6.54. The highest BCUT2D eigenvalue weighted by atomic mass is 35.5. The Labute approximate surface area is 205 Å². The lowest BCUT2D eigenvalue weighted by Crippen LogP contribution is -2.17. The summed E-state index contributed by atoms with van der Waals surface area (Å²) >= 11 is 7.68. The number of nitrogens with zero attached hydrogens (tertiary/aromatic N) is 1. The second-order valence-electron chi connectivity index (χ2n) is 7.34. The summed E-state index contributed by atoms with van der Waals surface area (Å²) in [5.41, 5.74) is 4.74. The fourth-order valence-corrected chi connectivity index (χ4v) is 4.57. The van der Waals surface area contributed by atoms with Gasteiger partial charge in [0.05, 0.1) is 17.8 Å². The first-order chi connectivity index (χ1) is 16.5. The van der Waals surface area contributed by atoms with Crippen molar-refractivity contribution in [1.29, 1.82) is 0 Å². The van der Waals surface area contributed by atoms with Crippen molar-refractivity contribution in [2.24, 2.45) is 5.10 Å². The molecule has 34 heavy (non-hydrogen) atoms. The van der Waals surface area contributed by atoms with E-state index in [4.69, 9.17) is 21.1 Å². The van der Waals surface area contributed by atoms with Crippen molar-refractivity contribution in [1.82, 2.24) is 5.43 Å². The van der Waals surface area contributed by atoms with Crippen molar-refractivity contribution in [3.63, 3.8) is 0 Å². The number of ether oxygens (including phenoxy) is 2. The minimum absolute atomic E-state index is 0.265. The van der Waals surface area contributed by atoms with Crippen molar-refractivity contribution in [3.8, 4) is 11.5 Å². The van der Waals surface area contributed by atoms with Gasteiger partial charge in [0.15, 0.2) is 11.5 Å². The summed E-state index contributed by atoms with van der Waals surface area (Å²) < 4.78 is 12.2. The summed E-state index contributed by atoms with van der Waals surface area (Å²) in [6, 6.07) is 19.7. The van der Waals surface area contributed by atoms with Crippen LogP contribution in [0.15, 0.2) is 71.8 Å². The number of aryl methyl sites for hydroxylation is 1. The minimum atomic E-state index is -0.557. The van der Waals surface area contributed by atoms with Crippen LogP contribution in [0.4, 0.5) is 0 Å². The second kappa shape index (κ2) is 10.5. The molecule has 8 heteroatoms. The number of benzene rings is 3. The van der Waals surface area contributed by atoms with Crippen molar-refractivity contribution in [2.75, 3.05) is 6.61 Å². The molecule has 1 amide bonds. The molecule has 0 aliphatic rings. The van der Waals surface area contributed by atoms with Crippen LogP contribution in [0, 0.1) is 6.92 Å². The number of nitrogens with one attached hydrogen (secondary N) is 1. The zero-order valence-electron chi connectivity index (χ0n) is 18.5. The summed E-state index contributed by atoms with van der Waals surface area (Å²) in [7, 11) is 0. The van der Waals surface area contributed by atoms with E-state index >= 15 is 0 Å². The Kier molecular flexibility index (Phi) is 7.25. The van der Waals surface area contributed by atoms with E-state index in [1.807, 2.05) is 50.2 Å². The Balaban J connectivity index is 1.49. The summed E-state index contributed by atoms with van der Waals surface area (Å²) in [5.74, 6) is -0.228. The van der Waals surface area contributed by atoms with E-state index in [0.29, 0.717) is 33.4 Å². The molecule has 172 valence electrons. The highest BCUT2D eigenvalue weighted by Crippen LogP contribution is 2.37. The highest BCUT2D eigenvalue weighted by Gasteiger charge is 2.20. The monoisotopic (exact) mass is 492 g/mol. The van der Waals surface area contributed by atoms with Gasteiger partial charge in [0.1, 0.15) is 4.88 Å². The van der Waals surface area contributed by atoms with Gasteiger partial charge in [-0.3, -0.25) is 4.79 Å². The van der Waals surface area contributed by atoms with Crippen LogP contribution in [0.2, 0.25) is 5.02 Å². The van der Waals surface area contributed by atoms with Crippen molar-refractivity contribution >= 4 is 51.1 Å². The van der Waals surface area contributed by atoms with E-state index in [9.17, 15) is 9.59 Å². The molecule has 0 aliphatic heterocycles. The number of halogens is 1. The van der Waals surface area contributed by atoms with E-state index in [0.717, 1.165) is 15.6 Å². The molecule has 0 bridgehead atoms. The molecule has 0 atom stereocenters. The topological polar surface area (TPSA) is 77.0 Å². The first kappa shape index (κ1) is 23.5. The highest BCUT2D eigenvalue weighted by molar-refractivity contribution is 7.21. The Morgan fingerprint density at radius 1 is 1.06 bits per heavy atom. The van der Waals surface area contributed by atoms with E-state index < -0.39 is 5.97 Å². The van der Waals surface area contributed by atoms with Crippen LogP contribution < -0.4 is 14.9 Å². The quantitative estimate of drug-likeness (QED) is 0.143. The van der Waals surface area contributed by atoms with Gasteiger partial charge >= 0.3 is 5.97 Å². The first-order valence-electron chi connectivity index (χ1n) is 10.5. The van der Waals surface area contributed by atoms with Gasteiger partial charge in [0, 0.05) is 15.6 Å². The lowest BCUT2D eigenvalue weighted by Gasteiger charge is -2.11. The number of rotatable bonds is 7. The van der Waals surface area contributed by atoms with Gasteiger partial charge in [-0.2, -0.15) is 5.10 Å². The molecule has 3 aromatic carbocycles. The third-order valence-electron chi connectivity index (χ3n) is 4.88. The van der Waals surface area contributed by atoms with Crippen LogP contribution in [0.5, 0.6) is 11.5 Å². The summed E-state index contributed by atoms with van der Waals surface area (Å²) in [4.78, 5) is 25.4. The van der Waals surface area contributed by atoms with Gasteiger partial charge in [-0.25, -0.2) is 10.2 Å². The molecular formula is C26H21ClN2O4S. The number of fused-ring (bicyclic) bond motifs is 1. The average molecular weight is 493 g/mol. The molecule has 4 rings (SSSR count). The molecule has 0 aliphatic carbocycles. The van der Waals surface area contributed by atoms with Crippen LogP contribution in [-0.4, -0.2) is 24.7 Å². The maximum absolute atomic E-state index is 12.8. The van der Waals surface area contributed by atoms with Gasteiger partial charge < -0.3 is 9.47 Å². The molecule has 0 radical (unpaired) electrons. The standard InChI is InChI=1S/C26H21ClN2O4S/c1-3-32-21-14-17(15-28-29-25(30)18-11-8-16(2)9-12-18)10-13-20(21)33-26(31)24-23(27)19-6-4-5-7-22(19)34-24/h4-15H,3H2,1-2H3,(H,29,30)/b28-15-. The predicted octanol–water partition coefficient (Wildman–Crippen LogP) is 6.24. The van der Waals surface area contributed by atoms with Crippen LogP contribution in [0.25, 0.3) is 10.1 Å². The first-order valence-corrected chi connectivity index (χ1v) is 11.7. The van der Waals surface area contributed by atoms with Crippen LogP contribution in [-0.2, 0) is 0 Å². The van der Waals surface area contributed by atoms with E-state index in [1.165, 1.54) is 17.6 Å². The molecule has 1 heterocycles. The smallest absolute Gasteiger partial charge is 0.355 e. The molecule has 1 N–H and O–H groups in total. The summed E-state index contributed by atoms with van der Waals surface area (Å²) in [6.45, 7) is 4.16. The predicted molar refractivity (Wildman–Crippen MR) is 136 cm³/mol. The molecule has 6 nitrogen and oxygen atoms in total. The Morgan fingerprint density at radius 2 is 1.82 bits per heavy atom. The largest absolute Gasteiger partial charge is 0.490 e. The van der Waals surface area contributed by atoms with Gasteiger partial charge in [-0.05, 0) is 55.8 Å². The number of carbonyl (C=O) groups excluding carboxylic acids is 2. The van der Waals surface area contributed by atoms with Crippen LogP contribution in [0.1, 0.15) is 38.1 Å². The lowest BCUT2D eigenvalue weighted by molar-refractivity contribution is 0.0733. The SMILES string of the molecule is CCOc1cc(/C=N\NC(=O)c2ccc(C)cc2)ccc1OC(=O)c1sc2ccccc2c1Cl. The van der Waals surface area contributed by atoms with E-state index in [-0.39, 0.29) is 11.7 Å². The van der Waals surface area contributed by atoms with Gasteiger partial charge in [0.2, 0.25) is 0 Å². The fourth-order valence-electron chi connectivity index (χ4n) is 3.18. The van der Waals surface area contributed by atoms with Crippen molar-refractivity contribution in [3.05, 3.63) is 93.3 Å². The van der Waals surface area contributed by atoms with Gasteiger partial charge in [0.25, 0.3) is 5.91 Å². The molecule has 1 aromatic heterocycles. The van der Waals surface area contributed by atoms with Crippen LogP contribution in [0.3, 0.4) is 0 Å². The van der Waals surface area contributed by atoms with Crippen molar-refractivity contribution in [2.45, 2.75) is 13.8 Å². The van der Waals surface area contributed by atoms with Gasteiger partial charge in [-0.15, -0.1) is 11.3 Å². The lowest BCUT2D eigenvalue weighted by atomic mass is 10.1. The molecule has 0 unspecified atom stereocenters. The number of amides is 1.